The van der Waals surface area contributed by atoms with Gasteiger partial charge in [-0.1, -0.05) is 51.1 Å². The standard InChI is InChI=1S/C20H27N3O6/c1-4-20(14-8-6-5-7-9-14)16(24)22-19(27)23(17(20)25)10-15(29-18(21)26)12-28-11-13(2)3/h5-9,13,15H,4,10-12H2,1-3H3,(H2,21,26)(H,22,24,27). The van der Waals surface area contributed by atoms with Crippen LogP contribution in [0.5, 0.6) is 0 Å². The maximum absolute atomic E-state index is 13.3. The summed E-state index contributed by atoms with van der Waals surface area (Å²) in [7, 11) is 0. The summed E-state index contributed by atoms with van der Waals surface area (Å²) in [4.78, 5) is 50.6. The summed E-state index contributed by atoms with van der Waals surface area (Å²) >= 11 is 0. The predicted octanol–water partition coefficient (Wildman–Crippen LogP) is 1.55. The number of carbonyl (C=O) groups excluding carboxylic acids is 4. The van der Waals surface area contributed by atoms with Crippen molar-refractivity contribution in [2.45, 2.75) is 38.7 Å². The van der Waals surface area contributed by atoms with E-state index < -0.39 is 35.5 Å². The number of nitrogens with two attached hydrogens (primary N) is 1. The highest BCUT2D eigenvalue weighted by Gasteiger charge is 2.54. The second kappa shape index (κ2) is 9.51. The minimum Gasteiger partial charge on any atom is -0.442 e. The molecule has 1 fully saturated rings. The van der Waals surface area contributed by atoms with Gasteiger partial charge in [-0.3, -0.25) is 19.8 Å². The minimum atomic E-state index is -1.55. The number of urea groups is 1. The lowest BCUT2D eigenvalue weighted by Crippen LogP contribution is -2.67. The third kappa shape index (κ3) is 4.92. The molecule has 1 saturated heterocycles. The topological polar surface area (TPSA) is 128 Å². The van der Waals surface area contributed by atoms with Gasteiger partial charge in [0.1, 0.15) is 6.10 Å². The Kier molecular flexibility index (Phi) is 7.33. The molecule has 1 aromatic carbocycles. The Hall–Kier alpha value is -2.94. The van der Waals surface area contributed by atoms with E-state index in [4.69, 9.17) is 15.2 Å². The summed E-state index contributed by atoms with van der Waals surface area (Å²) in [6, 6.07) is 7.65. The van der Waals surface area contributed by atoms with Crippen molar-refractivity contribution in [2.75, 3.05) is 19.8 Å². The molecule has 9 nitrogen and oxygen atoms in total. The number of rotatable bonds is 9. The van der Waals surface area contributed by atoms with Crippen LogP contribution in [0.3, 0.4) is 0 Å². The molecular weight excluding hydrogens is 378 g/mol. The Morgan fingerprint density at radius 3 is 2.38 bits per heavy atom. The van der Waals surface area contributed by atoms with Crippen molar-refractivity contribution in [1.29, 1.82) is 0 Å². The molecule has 2 atom stereocenters. The summed E-state index contributed by atoms with van der Waals surface area (Å²) in [5, 5.41) is 2.25. The zero-order valence-electron chi connectivity index (χ0n) is 16.8. The number of nitrogens with zero attached hydrogens (tertiary/aromatic N) is 1. The molecule has 0 spiro atoms. The van der Waals surface area contributed by atoms with Gasteiger partial charge in [0.15, 0.2) is 5.41 Å². The number of hydrogen-bond acceptors (Lipinski definition) is 6. The van der Waals surface area contributed by atoms with E-state index in [0.29, 0.717) is 12.2 Å². The van der Waals surface area contributed by atoms with Crippen LogP contribution >= 0.6 is 0 Å². The molecule has 5 amide bonds. The van der Waals surface area contributed by atoms with Crippen molar-refractivity contribution in [3.05, 3.63) is 35.9 Å². The first-order chi connectivity index (χ1) is 13.7. The van der Waals surface area contributed by atoms with E-state index in [9.17, 15) is 19.2 Å². The lowest BCUT2D eigenvalue weighted by Gasteiger charge is -2.39. The quantitative estimate of drug-likeness (QED) is 0.600. The Labute approximate surface area is 169 Å². The molecule has 0 aromatic heterocycles. The van der Waals surface area contributed by atoms with Crippen LogP contribution in [-0.4, -0.2) is 54.7 Å². The van der Waals surface area contributed by atoms with Crippen LogP contribution in [-0.2, 0) is 24.5 Å². The normalized spacial score (nSPS) is 20.6. The van der Waals surface area contributed by atoms with Crippen LogP contribution in [0.1, 0.15) is 32.8 Å². The summed E-state index contributed by atoms with van der Waals surface area (Å²) in [6.45, 7) is 5.67. The van der Waals surface area contributed by atoms with Crippen LogP contribution in [0.4, 0.5) is 9.59 Å². The number of barbiturate groups is 1. The summed E-state index contributed by atoms with van der Waals surface area (Å²) in [6.07, 6.45) is -1.86. The molecule has 158 valence electrons. The fraction of sp³-hybridized carbons (Fsp3) is 0.500. The van der Waals surface area contributed by atoms with E-state index >= 15 is 0 Å². The number of ether oxygens (including phenoxy) is 2. The molecular formula is C20H27N3O6. The molecule has 0 saturated carbocycles. The van der Waals surface area contributed by atoms with Gasteiger partial charge >= 0.3 is 12.1 Å². The van der Waals surface area contributed by atoms with Crippen LogP contribution in [0.15, 0.2) is 30.3 Å². The predicted molar refractivity (Wildman–Crippen MR) is 104 cm³/mol. The second-order valence-electron chi connectivity index (χ2n) is 7.29. The number of carbonyl (C=O) groups is 4. The van der Waals surface area contributed by atoms with Crippen molar-refractivity contribution in [3.63, 3.8) is 0 Å². The third-order valence-electron chi connectivity index (χ3n) is 4.68. The molecule has 0 radical (unpaired) electrons. The molecule has 9 heteroatoms. The molecule has 0 bridgehead atoms. The average Bonchev–Trinajstić information content (AvgIpc) is 2.65. The molecule has 1 heterocycles. The monoisotopic (exact) mass is 405 g/mol. The summed E-state index contributed by atoms with van der Waals surface area (Å²) in [5.74, 6) is -1.12. The third-order valence-corrected chi connectivity index (χ3v) is 4.68. The first-order valence-electron chi connectivity index (χ1n) is 9.49. The summed E-state index contributed by atoms with van der Waals surface area (Å²) < 4.78 is 10.5. The van der Waals surface area contributed by atoms with Gasteiger partial charge in [-0.15, -0.1) is 0 Å². The zero-order chi connectivity index (χ0) is 21.6. The Bertz CT molecular complexity index is 767. The molecule has 1 aliphatic heterocycles. The molecule has 29 heavy (non-hydrogen) atoms. The van der Waals surface area contributed by atoms with Crippen molar-refractivity contribution >= 4 is 23.9 Å². The molecule has 2 unspecified atom stereocenters. The number of primary amides is 1. The fourth-order valence-corrected chi connectivity index (χ4v) is 3.28. The highest BCUT2D eigenvalue weighted by molar-refractivity contribution is 6.22. The SMILES string of the molecule is CCC1(c2ccccc2)C(=O)NC(=O)N(CC(COCC(C)C)OC(N)=O)C1=O. The molecule has 1 aliphatic rings. The molecule has 1 aromatic rings. The van der Waals surface area contributed by atoms with Crippen LogP contribution < -0.4 is 11.1 Å². The van der Waals surface area contributed by atoms with Gasteiger partial charge in [0.25, 0.3) is 5.91 Å². The smallest absolute Gasteiger partial charge is 0.404 e. The Morgan fingerprint density at radius 2 is 1.83 bits per heavy atom. The maximum Gasteiger partial charge on any atom is 0.404 e. The van der Waals surface area contributed by atoms with Crippen LogP contribution in [0.25, 0.3) is 0 Å². The Morgan fingerprint density at radius 1 is 1.17 bits per heavy atom. The molecule has 3 N–H and O–H groups in total. The zero-order valence-corrected chi connectivity index (χ0v) is 16.8. The van der Waals surface area contributed by atoms with Crippen LogP contribution in [0, 0.1) is 5.92 Å². The minimum absolute atomic E-state index is 0.0451. The van der Waals surface area contributed by atoms with Crippen molar-refractivity contribution in [3.8, 4) is 0 Å². The lowest BCUT2D eigenvalue weighted by atomic mass is 9.74. The molecule has 0 aliphatic carbocycles. The highest BCUT2D eigenvalue weighted by Crippen LogP contribution is 2.33. The average molecular weight is 405 g/mol. The highest BCUT2D eigenvalue weighted by atomic mass is 16.6. The van der Waals surface area contributed by atoms with Crippen molar-refractivity contribution in [2.24, 2.45) is 11.7 Å². The first-order valence-corrected chi connectivity index (χ1v) is 9.49. The fourth-order valence-electron chi connectivity index (χ4n) is 3.28. The summed E-state index contributed by atoms with van der Waals surface area (Å²) in [5.41, 5.74) is 4.04. The number of imide groups is 2. The van der Waals surface area contributed by atoms with E-state index in [1.165, 1.54) is 0 Å². The second-order valence-corrected chi connectivity index (χ2v) is 7.29. The number of benzene rings is 1. The van der Waals surface area contributed by atoms with E-state index in [2.05, 4.69) is 5.32 Å². The molecule has 2 rings (SSSR count). The Balaban J connectivity index is 2.29. The largest absolute Gasteiger partial charge is 0.442 e. The van der Waals surface area contributed by atoms with Gasteiger partial charge in [0, 0.05) is 6.61 Å². The van der Waals surface area contributed by atoms with Gasteiger partial charge in [-0.25, -0.2) is 9.59 Å². The number of hydrogen-bond donors (Lipinski definition) is 2. The van der Waals surface area contributed by atoms with Crippen molar-refractivity contribution < 1.29 is 28.7 Å². The van der Waals surface area contributed by atoms with Crippen molar-refractivity contribution in [1.82, 2.24) is 10.2 Å². The lowest BCUT2D eigenvalue weighted by molar-refractivity contribution is -0.147. The van der Waals surface area contributed by atoms with Gasteiger partial charge in [-0.05, 0) is 17.9 Å². The number of amides is 5. The van der Waals surface area contributed by atoms with Gasteiger partial charge in [-0.2, -0.15) is 0 Å². The first kappa shape index (κ1) is 22.4. The van der Waals surface area contributed by atoms with Gasteiger partial charge < -0.3 is 15.2 Å². The van der Waals surface area contributed by atoms with Gasteiger partial charge in [0.2, 0.25) is 5.91 Å². The number of nitrogens with one attached hydrogen (secondary N) is 1. The van der Waals surface area contributed by atoms with E-state index in [1.54, 1.807) is 37.3 Å². The van der Waals surface area contributed by atoms with Gasteiger partial charge in [0.05, 0.1) is 13.2 Å². The van der Waals surface area contributed by atoms with E-state index in [1.807, 2.05) is 13.8 Å². The van der Waals surface area contributed by atoms with E-state index in [0.717, 1.165) is 4.90 Å². The van der Waals surface area contributed by atoms with Crippen LogP contribution in [0.2, 0.25) is 0 Å². The maximum atomic E-state index is 13.3. The van der Waals surface area contributed by atoms with E-state index in [-0.39, 0.29) is 25.5 Å².